The highest BCUT2D eigenvalue weighted by atomic mass is 32.1. The third-order valence-electron chi connectivity index (χ3n) is 2.50. The molecule has 0 aliphatic heterocycles. The topological polar surface area (TPSA) is 113 Å². The summed E-state index contributed by atoms with van der Waals surface area (Å²) >= 11 is 1.20. The Balaban J connectivity index is 2.12. The molecule has 3 N–H and O–H groups in total. The van der Waals surface area contributed by atoms with Crippen LogP contribution in [0.4, 0.5) is 0 Å². The lowest BCUT2D eigenvalue weighted by Gasteiger charge is -2.16. The molecule has 20 heavy (non-hydrogen) atoms. The van der Waals surface area contributed by atoms with E-state index in [0.717, 1.165) is 0 Å². The molecule has 0 radical (unpaired) electrons. The minimum absolute atomic E-state index is 0.0771. The maximum absolute atomic E-state index is 11.9. The highest BCUT2D eigenvalue weighted by Crippen LogP contribution is 2.23. The van der Waals surface area contributed by atoms with Crippen LogP contribution in [0.15, 0.2) is 28.2 Å². The van der Waals surface area contributed by atoms with Gasteiger partial charge in [-0.05, 0) is 19.1 Å². The summed E-state index contributed by atoms with van der Waals surface area (Å²) in [6.07, 6.45) is 0.282. The Morgan fingerprint density at radius 3 is 2.80 bits per heavy atom. The lowest BCUT2D eigenvalue weighted by Crippen LogP contribution is -2.47. The van der Waals surface area contributed by atoms with Crippen LogP contribution in [0.3, 0.4) is 0 Å². The lowest BCUT2D eigenvalue weighted by atomic mass is 10.2. The standard InChI is InChI=1S/C12H12N2O5S/c1-6(15)9(12(17)18)14-10(16)7-5-20-11(13-7)8-3-2-4-19-8/h2-6,9,15H,1H3,(H,14,16)(H,17,18). The molecular formula is C12H12N2O5S. The highest BCUT2D eigenvalue weighted by Gasteiger charge is 2.26. The zero-order valence-corrected chi connectivity index (χ0v) is 11.3. The molecule has 0 aliphatic carbocycles. The first-order valence-electron chi connectivity index (χ1n) is 5.70. The molecule has 2 aromatic rings. The van der Waals surface area contributed by atoms with E-state index in [1.807, 2.05) is 0 Å². The average Bonchev–Trinajstić information content (AvgIpc) is 3.04. The fraction of sp³-hybridized carbons (Fsp3) is 0.250. The van der Waals surface area contributed by atoms with Crippen LogP contribution in [-0.4, -0.2) is 39.2 Å². The summed E-state index contributed by atoms with van der Waals surface area (Å²) in [4.78, 5) is 26.8. The molecule has 0 fully saturated rings. The van der Waals surface area contributed by atoms with Gasteiger partial charge in [0.25, 0.3) is 5.91 Å². The van der Waals surface area contributed by atoms with Crippen LogP contribution in [0, 0.1) is 0 Å². The second kappa shape index (κ2) is 5.85. The molecule has 2 atom stereocenters. The summed E-state index contributed by atoms with van der Waals surface area (Å²) in [5.41, 5.74) is 0.0771. The first-order valence-corrected chi connectivity index (χ1v) is 6.58. The van der Waals surface area contributed by atoms with E-state index in [2.05, 4.69) is 10.3 Å². The Morgan fingerprint density at radius 1 is 1.50 bits per heavy atom. The summed E-state index contributed by atoms with van der Waals surface area (Å²) in [5.74, 6) is -1.44. The van der Waals surface area contributed by atoms with Crippen LogP contribution in [-0.2, 0) is 4.79 Å². The van der Waals surface area contributed by atoms with Gasteiger partial charge >= 0.3 is 5.97 Å². The number of hydrogen-bond donors (Lipinski definition) is 3. The van der Waals surface area contributed by atoms with E-state index < -0.39 is 24.0 Å². The maximum Gasteiger partial charge on any atom is 0.328 e. The number of amides is 1. The molecule has 0 aromatic carbocycles. The smallest absolute Gasteiger partial charge is 0.328 e. The monoisotopic (exact) mass is 296 g/mol. The summed E-state index contributed by atoms with van der Waals surface area (Å²) < 4.78 is 5.15. The van der Waals surface area contributed by atoms with Crippen molar-refractivity contribution in [2.24, 2.45) is 0 Å². The maximum atomic E-state index is 11.9. The predicted octanol–water partition coefficient (Wildman–Crippen LogP) is 0.967. The molecule has 2 heterocycles. The van der Waals surface area contributed by atoms with Crippen molar-refractivity contribution in [3.8, 4) is 10.8 Å². The molecule has 2 rings (SSSR count). The number of nitrogens with zero attached hydrogens (tertiary/aromatic N) is 1. The fourth-order valence-corrected chi connectivity index (χ4v) is 2.26. The van der Waals surface area contributed by atoms with Crippen molar-refractivity contribution in [1.82, 2.24) is 10.3 Å². The Labute approximate surface area is 117 Å². The van der Waals surface area contributed by atoms with Gasteiger partial charge < -0.3 is 19.9 Å². The van der Waals surface area contributed by atoms with Gasteiger partial charge in [-0.1, -0.05) is 0 Å². The Bertz CT molecular complexity index is 605. The van der Waals surface area contributed by atoms with Crippen molar-refractivity contribution >= 4 is 23.2 Å². The zero-order chi connectivity index (χ0) is 14.7. The van der Waals surface area contributed by atoms with Gasteiger partial charge in [0.1, 0.15) is 5.69 Å². The summed E-state index contributed by atoms with van der Waals surface area (Å²) in [6, 6.07) is 2.03. The minimum atomic E-state index is -1.38. The molecule has 8 heteroatoms. The molecule has 0 saturated carbocycles. The molecule has 2 aromatic heterocycles. The average molecular weight is 296 g/mol. The van der Waals surface area contributed by atoms with Crippen molar-refractivity contribution in [3.63, 3.8) is 0 Å². The number of nitrogens with one attached hydrogen (secondary N) is 1. The largest absolute Gasteiger partial charge is 0.480 e. The first-order chi connectivity index (χ1) is 9.49. The van der Waals surface area contributed by atoms with Crippen molar-refractivity contribution < 1.29 is 24.2 Å². The van der Waals surface area contributed by atoms with Crippen molar-refractivity contribution in [2.45, 2.75) is 19.1 Å². The lowest BCUT2D eigenvalue weighted by molar-refractivity contribution is -0.141. The van der Waals surface area contributed by atoms with E-state index in [1.54, 1.807) is 12.1 Å². The number of aliphatic carboxylic acids is 1. The summed E-state index contributed by atoms with van der Waals surface area (Å²) in [6.45, 7) is 1.29. The number of aliphatic hydroxyl groups is 1. The number of rotatable bonds is 5. The minimum Gasteiger partial charge on any atom is -0.480 e. The molecule has 0 spiro atoms. The Morgan fingerprint density at radius 2 is 2.25 bits per heavy atom. The van der Waals surface area contributed by atoms with Gasteiger partial charge in [-0.2, -0.15) is 0 Å². The molecule has 0 bridgehead atoms. The van der Waals surface area contributed by atoms with Crippen LogP contribution in [0.2, 0.25) is 0 Å². The van der Waals surface area contributed by atoms with E-state index in [1.165, 1.54) is 29.9 Å². The van der Waals surface area contributed by atoms with Crippen LogP contribution in [0.1, 0.15) is 17.4 Å². The third-order valence-corrected chi connectivity index (χ3v) is 3.36. The van der Waals surface area contributed by atoms with E-state index in [0.29, 0.717) is 10.8 Å². The van der Waals surface area contributed by atoms with E-state index in [9.17, 15) is 14.7 Å². The summed E-state index contributed by atoms with van der Waals surface area (Å²) in [5, 5.41) is 22.4. The van der Waals surface area contributed by atoms with E-state index in [-0.39, 0.29) is 5.69 Å². The molecule has 0 aliphatic rings. The number of aromatic nitrogens is 1. The molecular weight excluding hydrogens is 284 g/mol. The van der Waals surface area contributed by atoms with E-state index in [4.69, 9.17) is 9.52 Å². The summed E-state index contributed by atoms with van der Waals surface area (Å²) in [7, 11) is 0. The van der Waals surface area contributed by atoms with Crippen LogP contribution in [0.5, 0.6) is 0 Å². The second-order valence-corrected chi connectivity index (χ2v) is 4.90. The van der Waals surface area contributed by atoms with Gasteiger partial charge in [0.15, 0.2) is 16.8 Å². The van der Waals surface area contributed by atoms with Gasteiger partial charge in [0.2, 0.25) is 0 Å². The number of thiazole rings is 1. The number of carbonyl (C=O) groups is 2. The molecule has 2 unspecified atom stereocenters. The van der Waals surface area contributed by atoms with Crippen LogP contribution >= 0.6 is 11.3 Å². The number of carbonyl (C=O) groups excluding carboxylic acids is 1. The van der Waals surface area contributed by atoms with E-state index >= 15 is 0 Å². The van der Waals surface area contributed by atoms with Crippen LogP contribution in [0.25, 0.3) is 10.8 Å². The number of aliphatic hydroxyl groups excluding tert-OH is 1. The Kier molecular flexibility index (Phi) is 4.16. The van der Waals surface area contributed by atoms with Crippen molar-refractivity contribution in [2.75, 3.05) is 0 Å². The normalized spacial score (nSPS) is 13.7. The molecule has 7 nitrogen and oxygen atoms in total. The number of furan rings is 1. The molecule has 106 valence electrons. The third kappa shape index (κ3) is 3.03. The van der Waals surface area contributed by atoms with Gasteiger partial charge in [0, 0.05) is 5.38 Å². The van der Waals surface area contributed by atoms with Gasteiger partial charge in [-0.15, -0.1) is 11.3 Å². The molecule has 1 amide bonds. The van der Waals surface area contributed by atoms with Gasteiger partial charge in [0.05, 0.1) is 12.4 Å². The van der Waals surface area contributed by atoms with Gasteiger partial charge in [-0.3, -0.25) is 4.79 Å². The van der Waals surface area contributed by atoms with Crippen LogP contribution < -0.4 is 5.32 Å². The fourth-order valence-electron chi connectivity index (χ4n) is 1.50. The highest BCUT2D eigenvalue weighted by molar-refractivity contribution is 7.13. The number of carboxylic acid groups (broad SMARTS) is 1. The molecule has 0 saturated heterocycles. The number of carboxylic acids is 1. The SMILES string of the molecule is CC(O)C(NC(=O)c1csc(-c2ccco2)n1)C(=O)O. The van der Waals surface area contributed by atoms with Gasteiger partial charge in [-0.25, -0.2) is 9.78 Å². The quantitative estimate of drug-likeness (QED) is 0.757. The second-order valence-electron chi connectivity index (χ2n) is 4.05. The zero-order valence-electron chi connectivity index (χ0n) is 10.4. The first kappa shape index (κ1) is 14.2. The number of hydrogen-bond acceptors (Lipinski definition) is 6. The van der Waals surface area contributed by atoms with Crippen molar-refractivity contribution in [1.29, 1.82) is 0 Å². The Hall–Kier alpha value is -2.19. The van der Waals surface area contributed by atoms with Crippen molar-refractivity contribution in [3.05, 3.63) is 29.5 Å². The predicted molar refractivity (Wildman–Crippen MR) is 70.4 cm³/mol.